The Bertz CT molecular complexity index is 1050. The highest BCUT2D eigenvalue weighted by Crippen LogP contribution is 2.37. The maximum Gasteiger partial charge on any atom is 0.298 e. The van der Waals surface area contributed by atoms with Gasteiger partial charge < -0.3 is 15.0 Å². The van der Waals surface area contributed by atoms with Crippen LogP contribution in [0.25, 0.3) is 0 Å². The van der Waals surface area contributed by atoms with Crippen molar-refractivity contribution in [1.29, 1.82) is 0 Å². The summed E-state index contributed by atoms with van der Waals surface area (Å²) in [6.07, 6.45) is 11.1. The molecular weight excluding hydrogens is 408 g/mol. The van der Waals surface area contributed by atoms with E-state index in [4.69, 9.17) is 11.2 Å². The van der Waals surface area contributed by atoms with Crippen LogP contribution in [-0.2, 0) is 11.2 Å². The molecule has 4 rings (SSSR count). The van der Waals surface area contributed by atoms with E-state index in [1.807, 2.05) is 6.07 Å². The molecule has 0 radical (unpaired) electrons. The lowest BCUT2D eigenvalue weighted by molar-refractivity contribution is -0.127. The number of hydrogen-bond acceptors (Lipinski definition) is 3. The van der Waals surface area contributed by atoms with Crippen LogP contribution in [0.15, 0.2) is 54.6 Å². The lowest BCUT2D eigenvalue weighted by Gasteiger charge is -2.37. The molecule has 1 aliphatic carbocycles. The molecule has 0 saturated heterocycles. The molecule has 0 bridgehead atoms. The Labute approximate surface area is 198 Å². The summed E-state index contributed by atoms with van der Waals surface area (Å²) in [6.45, 7) is 8.10. The molecule has 1 amide bonds. The van der Waals surface area contributed by atoms with Crippen molar-refractivity contribution in [2.75, 3.05) is 25.5 Å². The molecule has 4 nitrogen and oxygen atoms in total. The summed E-state index contributed by atoms with van der Waals surface area (Å²) in [7, 11) is 1.67. The van der Waals surface area contributed by atoms with Crippen molar-refractivity contribution < 1.29 is 9.53 Å². The predicted molar refractivity (Wildman–Crippen MR) is 134 cm³/mol. The molecule has 3 atom stereocenters. The van der Waals surface area contributed by atoms with Crippen molar-refractivity contribution in [3.8, 4) is 18.1 Å². The molecule has 2 aromatic rings. The van der Waals surface area contributed by atoms with Gasteiger partial charge in [-0.15, -0.1) is 6.42 Å². The van der Waals surface area contributed by atoms with Crippen LogP contribution in [0.4, 0.5) is 5.69 Å². The van der Waals surface area contributed by atoms with Crippen LogP contribution < -0.4 is 10.1 Å². The smallest absolute Gasteiger partial charge is 0.298 e. The number of carbonyl (C=O) groups excluding carboxylic acids is 1. The van der Waals surface area contributed by atoms with Gasteiger partial charge in [0, 0.05) is 18.8 Å². The normalized spacial score (nSPS) is 22.3. The van der Waals surface area contributed by atoms with Crippen LogP contribution in [0.2, 0.25) is 0 Å². The van der Waals surface area contributed by atoms with Gasteiger partial charge >= 0.3 is 0 Å². The number of ether oxygens (including phenoxy) is 1. The minimum Gasteiger partial charge on any atom is -0.497 e. The van der Waals surface area contributed by atoms with Gasteiger partial charge in [-0.2, -0.15) is 0 Å². The number of fused-ring (bicyclic) bond motifs is 1. The lowest BCUT2D eigenvalue weighted by atomic mass is 9.78. The second kappa shape index (κ2) is 10.2. The molecule has 172 valence electrons. The highest BCUT2D eigenvalue weighted by Gasteiger charge is 2.31. The van der Waals surface area contributed by atoms with Crippen LogP contribution in [0, 0.1) is 24.2 Å². The van der Waals surface area contributed by atoms with E-state index in [1.165, 1.54) is 24.0 Å². The molecule has 1 heterocycles. The minimum absolute atomic E-state index is 0.188. The van der Waals surface area contributed by atoms with Crippen molar-refractivity contribution in [2.24, 2.45) is 11.8 Å². The number of benzene rings is 2. The Morgan fingerprint density at radius 3 is 2.73 bits per heavy atom. The molecule has 4 heteroatoms. The van der Waals surface area contributed by atoms with Crippen molar-refractivity contribution in [1.82, 2.24) is 4.90 Å². The average Bonchev–Trinajstić information content (AvgIpc) is 2.82. The zero-order chi connectivity index (χ0) is 23.4. The molecule has 0 spiro atoms. The van der Waals surface area contributed by atoms with Crippen LogP contribution >= 0.6 is 0 Å². The quantitative estimate of drug-likeness (QED) is 0.468. The Balaban J connectivity index is 1.47. The van der Waals surface area contributed by atoms with Gasteiger partial charge in [-0.05, 0) is 90.8 Å². The monoisotopic (exact) mass is 442 g/mol. The van der Waals surface area contributed by atoms with Gasteiger partial charge in [0.15, 0.2) is 0 Å². The van der Waals surface area contributed by atoms with E-state index in [2.05, 4.69) is 61.1 Å². The molecule has 1 N–H and O–H groups in total. The Kier molecular flexibility index (Phi) is 7.08. The van der Waals surface area contributed by atoms with E-state index < -0.39 is 0 Å². The van der Waals surface area contributed by atoms with Crippen LogP contribution in [0.1, 0.15) is 55.3 Å². The van der Waals surface area contributed by atoms with Gasteiger partial charge in [-0.1, -0.05) is 37.3 Å². The first-order valence-electron chi connectivity index (χ1n) is 11.9. The fraction of sp³-hybridized carbons (Fsp3) is 0.414. The zero-order valence-electron chi connectivity index (χ0n) is 19.8. The maximum atomic E-state index is 12.5. The number of methoxy groups -OCH3 is 1. The second-order valence-electron chi connectivity index (χ2n) is 9.56. The molecule has 2 aliphatic rings. The van der Waals surface area contributed by atoms with Crippen LogP contribution in [0.5, 0.6) is 5.75 Å². The molecule has 1 aliphatic heterocycles. The summed E-state index contributed by atoms with van der Waals surface area (Å²) in [5.74, 6) is 4.35. The first-order valence-corrected chi connectivity index (χ1v) is 11.9. The molecule has 1 fully saturated rings. The van der Waals surface area contributed by atoms with E-state index in [-0.39, 0.29) is 11.9 Å². The van der Waals surface area contributed by atoms with E-state index in [1.54, 1.807) is 12.0 Å². The van der Waals surface area contributed by atoms with Gasteiger partial charge in [-0.25, -0.2) is 0 Å². The summed E-state index contributed by atoms with van der Waals surface area (Å²) in [4.78, 5) is 14.3. The summed E-state index contributed by atoms with van der Waals surface area (Å²) >= 11 is 0. The predicted octanol–water partition coefficient (Wildman–Crippen LogP) is 5.60. The molecule has 1 saturated carbocycles. The summed E-state index contributed by atoms with van der Waals surface area (Å²) in [6, 6.07) is 14.3. The van der Waals surface area contributed by atoms with E-state index in [0.29, 0.717) is 6.54 Å². The van der Waals surface area contributed by atoms with Crippen LogP contribution in [0.3, 0.4) is 0 Å². The number of allylic oxidation sites excluding steroid dienone is 1. The third-order valence-electron chi connectivity index (χ3n) is 7.02. The third-order valence-corrected chi connectivity index (χ3v) is 7.02. The second-order valence-corrected chi connectivity index (χ2v) is 9.56. The standard InChI is InChI=1S/C29H34N2O2/c1-5-28(32)31-15-13-24-19-26(33-4)10-11-27(24)29(31)23-6-8-25(9-7-23)30-14-12-22-17-20(2)16-21(3)18-22/h1,6-11,19,21-22,29-30H,2,12-18H2,3-4H3/t21?,22?,29-/m0/s1. The van der Waals surface area contributed by atoms with Crippen molar-refractivity contribution in [3.63, 3.8) is 0 Å². The highest BCUT2D eigenvalue weighted by molar-refractivity contribution is 5.93. The van der Waals surface area contributed by atoms with Gasteiger partial charge in [-0.3, -0.25) is 4.79 Å². The molecule has 2 aromatic carbocycles. The minimum atomic E-state index is -0.271. The topological polar surface area (TPSA) is 41.6 Å². The number of terminal acetylenes is 1. The van der Waals surface area contributed by atoms with Crippen molar-refractivity contribution >= 4 is 11.6 Å². The number of hydrogen-bond donors (Lipinski definition) is 1. The van der Waals surface area contributed by atoms with E-state index in [9.17, 15) is 4.79 Å². The first kappa shape index (κ1) is 23.0. The molecule has 0 aromatic heterocycles. The Morgan fingerprint density at radius 1 is 1.24 bits per heavy atom. The van der Waals surface area contributed by atoms with Gasteiger partial charge in [0.2, 0.25) is 0 Å². The largest absolute Gasteiger partial charge is 0.497 e. The maximum absolute atomic E-state index is 12.5. The number of anilines is 1. The van der Waals surface area contributed by atoms with E-state index >= 15 is 0 Å². The highest BCUT2D eigenvalue weighted by atomic mass is 16.5. The Morgan fingerprint density at radius 2 is 2.03 bits per heavy atom. The number of amides is 1. The lowest BCUT2D eigenvalue weighted by Crippen LogP contribution is -2.39. The van der Waals surface area contributed by atoms with Gasteiger partial charge in [0.25, 0.3) is 5.91 Å². The van der Waals surface area contributed by atoms with Crippen molar-refractivity contribution in [3.05, 3.63) is 71.3 Å². The molecule has 33 heavy (non-hydrogen) atoms. The van der Waals surface area contributed by atoms with Crippen molar-refractivity contribution in [2.45, 2.75) is 45.1 Å². The van der Waals surface area contributed by atoms with Crippen LogP contribution in [-0.4, -0.2) is 31.0 Å². The fourth-order valence-electron chi connectivity index (χ4n) is 5.54. The van der Waals surface area contributed by atoms with E-state index in [0.717, 1.165) is 60.2 Å². The molecular formula is C29H34N2O2. The third kappa shape index (κ3) is 5.25. The summed E-state index contributed by atoms with van der Waals surface area (Å²) in [5.41, 5.74) is 5.87. The van der Waals surface area contributed by atoms with Gasteiger partial charge in [0.05, 0.1) is 13.2 Å². The average molecular weight is 443 g/mol. The molecule has 2 unspecified atom stereocenters. The summed E-state index contributed by atoms with van der Waals surface area (Å²) < 4.78 is 5.40. The number of nitrogens with one attached hydrogen (secondary N) is 1. The SMILES string of the molecule is C#CC(=O)N1CCc2cc(OC)ccc2[C@@H]1c1ccc(NCCC2CC(=C)CC(C)C2)cc1. The first-order chi connectivity index (χ1) is 16.0. The fourth-order valence-corrected chi connectivity index (χ4v) is 5.54. The summed E-state index contributed by atoms with van der Waals surface area (Å²) in [5, 5.41) is 3.57. The number of rotatable bonds is 6. The zero-order valence-corrected chi connectivity index (χ0v) is 19.8. The Hall–Kier alpha value is -3.19. The number of carbonyl (C=O) groups is 1. The number of nitrogens with zero attached hydrogens (tertiary/aromatic N) is 1. The van der Waals surface area contributed by atoms with Gasteiger partial charge in [0.1, 0.15) is 5.75 Å².